The van der Waals surface area contributed by atoms with Crippen molar-refractivity contribution in [3.63, 3.8) is 0 Å². The molecule has 4 heteroatoms. The maximum Gasteiger partial charge on any atom is 0.0931 e. The molecule has 1 atom stereocenters. The van der Waals surface area contributed by atoms with E-state index in [4.69, 9.17) is 22.1 Å². The van der Waals surface area contributed by atoms with E-state index in [1.165, 1.54) is 4.88 Å². The third-order valence-electron chi connectivity index (χ3n) is 2.29. The average molecular weight is 218 g/mol. The lowest BCUT2D eigenvalue weighted by Crippen LogP contribution is -2.42. The largest absolute Gasteiger partial charge is 0.379 e. The van der Waals surface area contributed by atoms with Crippen LogP contribution in [0.15, 0.2) is 12.1 Å². The summed E-state index contributed by atoms with van der Waals surface area (Å²) in [5, 5.41) is 0. The topological polar surface area (TPSA) is 35.2 Å². The molecular weight excluding hydrogens is 206 g/mol. The Kier molecular flexibility index (Phi) is 2.60. The van der Waals surface area contributed by atoms with Gasteiger partial charge in [-0.25, -0.2) is 0 Å². The van der Waals surface area contributed by atoms with Crippen LogP contribution in [-0.4, -0.2) is 18.8 Å². The van der Waals surface area contributed by atoms with Gasteiger partial charge in [0, 0.05) is 23.4 Å². The predicted octanol–water partition coefficient (Wildman–Crippen LogP) is 2.06. The number of halogens is 1. The SMILES string of the molecule is NC1(Cc2ccc(Cl)s2)CCOC1. The lowest BCUT2D eigenvalue weighted by atomic mass is 9.95. The van der Waals surface area contributed by atoms with E-state index in [2.05, 4.69) is 0 Å². The van der Waals surface area contributed by atoms with Crippen molar-refractivity contribution in [2.75, 3.05) is 13.2 Å². The minimum atomic E-state index is -0.159. The first-order valence-corrected chi connectivity index (χ1v) is 5.48. The Morgan fingerprint density at radius 2 is 2.46 bits per heavy atom. The summed E-state index contributed by atoms with van der Waals surface area (Å²) < 4.78 is 6.12. The molecule has 0 spiro atoms. The second kappa shape index (κ2) is 3.58. The summed E-state index contributed by atoms with van der Waals surface area (Å²) >= 11 is 7.44. The van der Waals surface area contributed by atoms with Gasteiger partial charge in [-0.3, -0.25) is 0 Å². The first-order chi connectivity index (χ1) is 6.18. The van der Waals surface area contributed by atoms with E-state index in [1.807, 2.05) is 12.1 Å². The Morgan fingerprint density at radius 3 is 3.00 bits per heavy atom. The Balaban J connectivity index is 2.04. The molecule has 72 valence electrons. The molecule has 0 amide bonds. The maximum absolute atomic E-state index is 6.14. The number of nitrogens with two attached hydrogens (primary N) is 1. The van der Waals surface area contributed by atoms with Crippen LogP contribution >= 0.6 is 22.9 Å². The van der Waals surface area contributed by atoms with Crippen LogP contribution in [0.4, 0.5) is 0 Å². The molecule has 2 N–H and O–H groups in total. The van der Waals surface area contributed by atoms with Gasteiger partial charge in [-0.1, -0.05) is 11.6 Å². The molecule has 0 saturated carbocycles. The standard InChI is InChI=1S/C9H12ClNOS/c10-8-2-1-7(13-8)5-9(11)3-4-12-6-9/h1-2H,3-6,11H2. The molecule has 1 unspecified atom stereocenters. The molecule has 1 aromatic heterocycles. The molecule has 13 heavy (non-hydrogen) atoms. The van der Waals surface area contributed by atoms with E-state index in [1.54, 1.807) is 11.3 Å². The molecule has 0 bridgehead atoms. The van der Waals surface area contributed by atoms with Crippen molar-refractivity contribution in [1.29, 1.82) is 0 Å². The van der Waals surface area contributed by atoms with E-state index in [9.17, 15) is 0 Å². The smallest absolute Gasteiger partial charge is 0.0931 e. The number of rotatable bonds is 2. The Morgan fingerprint density at radius 1 is 1.62 bits per heavy atom. The zero-order valence-corrected chi connectivity index (χ0v) is 8.83. The first-order valence-electron chi connectivity index (χ1n) is 4.29. The third kappa shape index (κ3) is 2.23. The molecule has 2 rings (SSSR count). The van der Waals surface area contributed by atoms with Gasteiger partial charge >= 0.3 is 0 Å². The maximum atomic E-state index is 6.14. The van der Waals surface area contributed by atoms with Gasteiger partial charge in [0.15, 0.2) is 0 Å². The molecular formula is C9H12ClNOS. The summed E-state index contributed by atoms with van der Waals surface area (Å²) in [6, 6.07) is 3.96. The van der Waals surface area contributed by atoms with Gasteiger partial charge in [-0.05, 0) is 18.6 Å². The van der Waals surface area contributed by atoms with Crippen molar-refractivity contribution in [2.24, 2.45) is 5.73 Å². The van der Waals surface area contributed by atoms with Crippen molar-refractivity contribution in [2.45, 2.75) is 18.4 Å². The van der Waals surface area contributed by atoms with Crippen LogP contribution in [0.25, 0.3) is 0 Å². The number of hydrogen-bond donors (Lipinski definition) is 1. The molecule has 0 aliphatic carbocycles. The average Bonchev–Trinajstić information content (AvgIpc) is 2.62. The zero-order chi connectivity index (χ0) is 9.31. The molecule has 2 heterocycles. The van der Waals surface area contributed by atoms with Crippen LogP contribution in [0.1, 0.15) is 11.3 Å². The van der Waals surface area contributed by atoms with Gasteiger partial charge in [0.25, 0.3) is 0 Å². The number of hydrogen-bond acceptors (Lipinski definition) is 3. The normalized spacial score (nSPS) is 28.2. The minimum Gasteiger partial charge on any atom is -0.379 e. The fourth-order valence-electron chi connectivity index (χ4n) is 1.56. The van der Waals surface area contributed by atoms with Gasteiger partial charge in [-0.15, -0.1) is 11.3 Å². The molecule has 1 saturated heterocycles. The van der Waals surface area contributed by atoms with E-state index in [0.717, 1.165) is 23.8 Å². The van der Waals surface area contributed by atoms with E-state index in [0.29, 0.717) is 6.61 Å². The highest BCUT2D eigenvalue weighted by molar-refractivity contribution is 7.16. The van der Waals surface area contributed by atoms with Gasteiger partial charge in [0.2, 0.25) is 0 Å². The van der Waals surface area contributed by atoms with Gasteiger partial charge < -0.3 is 10.5 Å². The molecule has 1 aliphatic rings. The third-order valence-corrected chi connectivity index (χ3v) is 3.52. The monoisotopic (exact) mass is 217 g/mol. The van der Waals surface area contributed by atoms with Gasteiger partial charge in [0.05, 0.1) is 10.9 Å². The van der Waals surface area contributed by atoms with Crippen LogP contribution in [0.2, 0.25) is 4.34 Å². The van der Waals surface area contributed by atoms with Crippen molar-refractivity contribution in [3.05, 3.63) is 21.3 Å². The zero-order valence-electron chi connectivity index (χ0n) is 7.25. The number of thiophene rings is 1. The van der Waals surface area contributed by atoms with E-state index >= 15 is 0 Å². The first kappa shape index (κ1) is 9.46. The van der Waals surface area contributed by atoms with Crippen LogP contribution in [0.3, 0.4) is 0 Å². The highest BCUT2D eigenvalue weighted by Gasteiger charge is 2.30. The molecule has 1 fully saturated rings. The predicted molar refractivity (Wildman–Crippen MR) is 55.4 cm³/mol. The summed E-state index contributed by atoms with van der Waals surface area (Å²) in [7, 11) is 0. The second-order valence-electron chi connectivity index (χ2n) is 3.55. The Labute approximate surface area is 86.6 Å². The van der Waals surface area contributed by atoms with E-state index < -0.39 is 0 Å². The van der Waals surface area contributed by atoms with Crippen LogP contribution in [0.5, 0.6) is 0 Å². The Hall–Kier alpha value is -0.0900. The van der Waals surface area contributed by atoms with Crippen molar-refractivity contribution >= 4 is 22.9 Å². The minimum absolute atomic E-state index is 0.159. The summed E-state index contributed by atoms with van der Waals surface area (Å²) in [6.45, 7) is 1.46. The van der Waals surface area contributed by atoms with Crippen LogP contribution < -0.4 is 5.73 Å². The molecule has 0 radical (unpaired) electrons. The molecule has 2 nitrogen and oxygen atoms in total. The summed E-state index contributed by atoms with van der Waals surface area (Å²) in [5.74, 6) is 0. The molecule has 1 aliphatic heterocycles. The number of ether oxygens (including phenoxy) is 1. The quantitative estimate of drug-likeness (QED) is 0.823. The Bertz CT molecular complexity index is 294. The lowest BCUT2D eigenvalue weighted by molar-refractivity contribution is 0.178. The van der Waals surface area contributed by atoms with Gasteiger partial charge in [0.1, 0.15) is 0 Å². The van der Waals surface area contributed by atoms with E-state index in [-0.39, 0.29) is 5.54 Å². The lowest BCUT2D eigenvalue weighted by Gasteiger charge is -2.20. The second-order valence-corrected chi connectivity index (χ2v) is 5.35. The van der Waals surface area contributed by atoms with Crippen LogP contribution in [0, 0.1) is 0 Å². The van der Waals surface area contributed by atoms with Crippen molar-refractivity contribution in [1.82, 2.24) is 0 Å². The highest BCUT2D eigenvalue weighted by Crippen LogP contribution is 2.27. The van der Waals surface area contributed by atoms with Crippen molar-refractivity contribution in [3.8, 4) is 0 Å². The fourth-order valence-corrected chi connectivity index (χ4v) is 2.80. The summed E-state index contributed by atoms with van der Waals surface area (Å²) in [6.07, 6.45) is 1.83. The molecule has 0 aromatic carbocycles. The van der Waals surface area contributed by atoms with Gasteiger partial charge in [-0.2, -0.15) is 0 Å². The fraction of sp³-hybridized carbons (Fsp3) is 0.556. The molecule has 1 aromatic rings. The highest BCUT2D eigenvalue weighted by atomic mass is 35.5. The summed E-state index contributed by atoms with van der Waals surface area (Å²) in [5.41, 5.74) is 5.98. The summed E-state index contributed by atoms with van der Waals surface area (Å²) in [4.78, 5) is 1.25. The van der Waals surface area contributed by atoms with Crippen LogP contribution in [-0.2, 0) is 11.2 Å². The van der Waals surface area contributed by atoms with Crippen molar-refractivity contribution < 1.29 is 4.74 Å².